The molecule has 188 valence electrons. The first-order valence-electron chi connectivity index (χ1n) is 14.1. The van der Waals surface area contributed by atoms with E-state index in [4.69, 9.17) is 4.74 Å². The topological polar surface area (TPSA) is 70.1 Å². The van der Waals surface area contributed by atoms with Gasteiger partial charge in [-0.3, -0.25) is 4.79 Å². The Labute approximate surface area is 201 Å². The Bertz CT molecular complexity index is 748. The standard InChI is InChI=1S/C29H48O4/c1-16(2)18(15-25(31)32)27-26(33-27)17(3)20-9-10-21-19-14-24(30)23-8-6-7-12-28(23,4)22(19)11-13-29(20,21)5/h16-23,25-27,31-32H,6-15H2,1-5H3/t17-,18-,19-,20+,21-,22-,23+,26?,27?,28+,29+/m0/s1. The van der Waals surface area contributed by atoms with Gasteiger partial charge in [0, 0.05) is 18.8 Å². The van der Waals surface area contributed by atoms with E-state index >= 15 is 0 Å². The van der Waals surface area contributed by atoms with Crippen LogP contribution in [0, 0.1) is 58.2 Å². The molecular weight excluding hydrogens is 412 g/mol. The summed E-state index contributed by atoms with van der Waals surface area (Å²) in [7, 11) is 0. The van der Waals surface area contributed by atoms with Crippen molar-refractivity contribution >= 4 is 5.78 Å². The van der Waals surface area contributed by atoms with Gasteiger partial charge >= 0.3 is 0 Å². The van der Waals surface area contributed by atoms with Gasteiger partial charge in [-0.05, 0) is 90.8 Å². The minimum absolute atomic E-state index is 0.166. The Balaban J connectivity index is 1.32. The number of ketones is 1. The van der Waals surface area contributed by atoms with Crippen LogP contribution in [0.4, 0.5) is 0 Å². The Kier molecular flexibility index (Phi) is 6.31. The van der Waals surface area contributed by atoms with Crippen LogP contribution in [-0.2, 0) is 9.53 Å². The molecule has 4 nitrogen and oxygen atoms in total. The first-order valence-corrected chi connectivity index (χ1v) is 14.1. The van der Waals surface area contributed by atoms with Crippen molar-refractivity contribution in [2.24, 2.45) is 58.2 Å². The van der Waals surface area contributed by atoms with Gasteiger partial charge in [-0.25, -0.2) is 0 Å². The zero-order chi connectivity index (χ0) is 23.7. The van der Waals surface area contributed by atoms with Crippen LogP contribution in [-0.4, -0.2) is 34.5 Å². The molecule has 5 aliphatic rings. The van der Waals surface area contributed by atoms with Crippen LogP contribution >= 0.6 is 0 Å². The predicted molar refractivity (Wildman–Crippen MR) is 129 cm³/mol. The highest BCUT2D eigenvalue weighted by Gasteiger charge is 2.63. The van der Waals surface area contributed by atoms with Crippen LogP contribution in [0.1, 0.15) is 98.8 Å². The van der Waals surface area contributed by atoms with Gasteiger partial charge in [0.25, 0.3) is 0 Å². The largest absolute Gasteiger partial charge is 0.369 e. The summed E-state index contributed by atoms with van der Waals surface area (Å²) in [6.45, 7) is 11.8. The number of aliphatic hydroxyl groups is 2. The van der Waals surface area contributed by atoms with E-state index in [1.54, 1.807) is 0 Å². The molecule has 0 radical (unpaired) electrons. The van der Waals surface area contributed by atoms with Crippen LogP contribution in [0.5, 0.6) is 0 Å². The summed E-state index contributed by atoms with van der Waals surface area (Å²) in [5, 5.41) is 19.2. The number of rotatable bonds is 6. The molecule has 5 fully saturated rings. The number of fused-ring (bicyclic) bond motifs is 5. The monoisotopic (exact) mass is 460 g/mol. The lowest BCUT2D eigenvalue weighted by molar-refractivity contribution is -0.154. The summed E-state index contributed by atoms with van der Waals surface area (Å²) in [5.41, 5.74) is 0.572. The van der Waals surface area contributed by atoms with Crippen molar-refractivity contribution in [3.63, 3.8) is 0 Å². The Morgan fingerprint density at radius 2 is 1.67 bits per heavy atom. The van der Waals surface area contributed by atoms with Crippen LogP contribution in [0.2, 0.25) is 0 Å². The first-order chi connectivity index (χ1) is 15.6. The van der Waals surface area contributed by atoms with Crippen molar-refractivity contribution in [1.29, 1.82) is 0 Å². The molecule has 1 heterocycles. The lowest BCUT2D eigenvalue weighted by Crippen LogP contribution is -2.56. The maximum atomic E-state index is 13.3. The number of hydrogen-bond donors (Lipinski definition) is 2. The van der Waals surface area contributed by atoms with Crippen molar-refractivity contribution in [2.45, 2.75) is 117 Å². The highest BCUT2D eigenvalue weighted by atomic mass is 16.6. The summed E-state index contributed by atoms with van der Waals surface area (Å²) in [6, 6.07) is 0. The third-order valence-electron chi connectivity index (χ3n) is 11.9. The fourth-order valence-corrected chi connectivity index (χ4v) is 10.2. The number of ether oxygens (including phenoxy) is 1. The molecule has 4 aliphatic carbocycles. The van der Waals surface area contributed by atoms with E-state index in [1.165, 1.54) is 44.9 Å². The van der Waals surface area contributed by atoms with Gasteiger partial charge in [-0.2, -0.15) is 0 Å². The first kappa shape index (κ1) is 24.3. The predicted octanol–water partition coefficient (Wildman–Crippen LogP) is 5.59. The number of epoxide rings is 1. The maximum absolute atomic E-state index is 13.3. The molecule has 1 aliphatic heterocycles. The third-order valence-corrected chi connectivity index (χ3v) is 11.9. The van der Waals surface area contributed by atoms with Crippen molar-refractivity contribution in [1.82, 2.24) is 0 Å². The van der Waals surface area contributed by atoms with E-state index in [9.17, 15) is 15.0 Å². The molecule has 2 N–H and O–H groups in total. The van der Waals surface area contributed by atoms with Crippen LogP contribution < -0.4 is 0 Å². The Morgan fingerprint density at radius 1 is 0.939 bits per heavy atom. The van der Waals surface area contributed by atoms with Gasteiger partial charge in [-0.1, -0.05) is 47.5 Å². The zero-order valence-corrected chi connectivity index (χ0v) is 21.6. The number of Topliss-reactive ketones (excluding diaryl/α,β-unsaturated/α-hetero) is 1. The quantitative estimate of drug-likeness (QED) is 0.400. The van der Waals surface area contributed by atoms with Crippen LogP contribution in [0.15, 0.2) is 0 Å². The summed E-state index contributed by atoms with van der Waals surface area (Å²) in [6.07, 6.45) is 10.5. The van der Waals surface area contributed by atoms with E-state index < -0.39 is 6.29 Å². The molecule has 0 spiro atoms. The summed E-state index contributed by atoms with van der Waals surface area (Å²) in [5.74, 6) is 4.69. The molecule has 1 saturated heterocycles. The second-order valence-electron chi connectivity index (χ2n) is 13.6. The average Bonchev–Trinajstić information content (AvgIpc) is 3.45. The summed E-state index contributed by atoms with van der Waals surface area (Å²) < 4.78 is 6.27. The van der Waals surface area contributed by atoms with Gasteiger partial charge < -0.3 is 14.9 Å². The van der Waals surface area contributed by atoms with Gasteiger partial charge in [0.1, 0.15) is 5.78 Å². The van der Waals surface area contributed by atoms with Gasteiger partial charge in [0.15, 0.2) is 6.29 Å². The van der Waals surface area contributed by atoms with E-state index in [2.05, 4.69) is 34.6 Å². The Hall–Kier alpha value is -0.450. The SMILES string of the molecule is CC(C)[C@H](CC(O)O)C1OC1[C@@H](C)[C@H]1CC[C@H]2[C@@H]3CC(=O)[C@H]4CCCC[C@]4(C)[C@H]3CC[C@]12C. The van der Waals surface area contributed by atoms with E-state index in [0.717, 1.165) is 18.8 Å². The molecule has 0 bridgehead atoms. The zero-order valence-electron chi connectivity index (χ0n) is 21.6. The van der Waals surface area contributed by atoms with E-state index in [0.29, 0.717) is 53.1 Å². The summed E-state index contributed by atoms with van der Waals surface area (Å²) >= 11 is 0. The Morgan fingerprint density at radius 3 is 2.36 bits per heavy atom. The molecule has 4 heteroatoms. The van der Waals surface area contributed by atoms with E-state index in [-0.39, 0.29) is 23.5 Å². The molecule has 2 unspecified atom stereocenters. The molecule has 5 rings (SSSR count). The molecule has 33 heavy (non-hydrogen) atoms. The van der Waals surface area contributed by atoms with Crippen molar-refractivity contribution < 1.29 is 19.7 Å². The fraction of sp³-hybridized carbons (Fsp3) is 0.966. The molecule has 0 aromatic rings. The normalized spacial score (nSPS) is 48.9. The third kappa shape index (κ3) is 3.85. The van der Waals surface area contributed by atoms with Gasteiger partial charge in [-0.15, -0.1) is 0 Å². The molecule has 4 saturated carbocycles. The minimum Gasteiger partial charge on any atom is -0.369 e. The van der Waals surface area contributed by atoms with Gasteiger partial charge in [0.2, 0.25) is 0 Å². The second kappa shape index (κ2) is 8.59. The number of hydrogen-bond acceptors (Lipinski definition) is 4. The van der Waals surface area contributed by atoms with Gasteiger partial charge in [0.05, 0.1) is 12.2 Å². The fourth-order valence-electron chi connectivity index (χ4n) is 10.2. The molecular formula is C29H48O4. The minimum atomic E-state index is -1.25. The molecule has 0 amide bonds. The second-order valence-corrected chi connectivity index (χ2v) is 13.6. The molecule has 0 aromatic carbocycles. The maximum Gasteiger partial charge on any atom is 0.151 e. The highest BCUT2D eigenvalue weighted by molar-refractivity contribution is 5.83. The van der Waals surface area contributed by atoms with Crippen molar-refractivity contribution in [2.75, 3.05) is 0 Å². The molecule has 11 atom stereocenters. The van der Waals surface area contributed by atoms with Crippen LogP contribution in [0.25, 0.3) is 0 Å². The average molecular weight is 461 g/mol. The summed E-state index contributed by atoms with van der Waals surface area (Å²) in [4.78, 5) is 13.3. The van der Waals surface area contributed by atoms with Crippen molar-refractivity contribution in [3.05, 3.63) is 0 Å². The highest BCUT2D eigenvalue weighted by Crippen LogP contribution is 2.68. The lowest BCUT2D eigenvalue weighted by atomic mass is 9.44. The lowest BCUT2D eigenvalue weighted by Gasteiger charge is -2.60. The van der Waals surface area contributed by atoms with Crippen molar-refractivity contribution in [3.8, 4) is 0 Å². The number of carbonyl (C=O) groups excluding carboxylic acids is 1. The number of carbonyl (C=O) groups is 1. The van der Waals surface area contributed by atoms with Crippen LogP contribution in [0.3, 0.4) is 0 Å². The number of aliphatic hydroxyl groups excluding tert-OH is 1. The molecule has 0 aromatic heterocycles. The van der Waals surface area contributed by atoms with E-state index in [1.807, 2.05) is 0 Å². The smallest absolute Gasteiger partial charge is 0.151 e.